The summed E-state index contributed by atoms with van der Waals surface area (Å²) in [6.45, 7) is 6.24. The molecular formula is C13H16N2O. The average Bonchev–Trinajstić information content (AvgIpc) is 2.58. The van der Waals surface area contributed by atoms with E-state index in [1.807, 2.05) is 25.1 Å². The number of carbonyl (C=O) groups is 1. The maximum Gasteiger partial charge on any atom is 0.125 e. The van der Waals surface area contributed by atoms with Crippen molar-refractivity contribution in [2.24, 2.45) is 0 Å². The Balaban J connectivity index is 2.77. The van der Waals surface area contributed by atoms with Crippen molar-refractivity contribution in [2.45, 2.75) is 33.1 Å². The van der Waals surface area contributed by atoms with Crippen molar-refractivity contribution in [3.05, 3.63) is 35.4 Å². The second-order valence-electron chi connectivity index (χ2n) is 4.32. The lowest BCUT2D eigenvalue weighted by atomic mass is 10.2. The zero-order chi connectivity index (χ0) is 11.7. The topological polar surface area (TPSA) is 34.4 Å². The molecule has 0 saturated heterocycles. The number of imidazole rings is 1. The van der Waals surface area contributed by atoms with Crippen LogP contribution in [0.15, 0.2) is 18.2 Å². The Kier molecular flexibility index (Phi) is 2.77. The smallest absolute Gasteiger partial charge is 0.125 e. The molecule has 2 aromatic heterocycles. The minimum Gasteiger partial charge on any atom is -0.303 e. The molecule has 0 fully saturated rings. The molecule has 2 rings (SSSR count). The summed E-state index contributed by atoms with van der Waals surface area (Å²) in [6.07, 6.45) is 1.38. The fourth-order valence-corrected chi connectivity index (χ4v) is 2.02. The average molecular weight is 216 g/mol. The predicted molar refractivity (Wildman–Crippen MR) is 63.8 cm³/mol. The van der Waals surface area contributed by atoms with E-state index in [9.17, 15) is 4.79 Å². The second-order valence-corrected chi connectivity index (χ2v) is 4.32. The Bertz CT molecular complexity index is 526. The fraction of sp³-hybridized carbons (Fsp3) is 0.385. The van der Waals surface area contributed by atoms with E-state index in [2.05, 4.69) is 23.2 Å². The van der Waals surface area contributed by atoms with Crippen LogP contribution in [0, 0.1) is 6.92 Å². The normalized spacial score (nSPS) is 11.2. The molecule has 0 N–H and O–H groups in total. The number of hydrogen-bond acceptors (Lipinski definition) is 2. The van der Waals surface area contributed by atoms with Gasteiger partial charge in [-0.15, -0.1) is 0 Å². The van der Waals surface area contributed by atoms with Gasteiger partial charge in [0.1, 0.15) is 12.1 Å². The molecule has 0 bridgehead atoms. The molecule has 0 atom stereocenters. The third kappa shape index (κ3) is 1.62. The number of aryl methyl sites for hydroxylation is 1. The van der Waals surface area contributed by atoms with Crippen LogP contribution in [0.3, 0.4) is 0 Å². The van der Waals surface area contributed by atoms with E-state index < -0.39 is 0 Å². The third-order valence-electron chi connectivity index (χ3n) is 2.76. The van der Waals surface area contributed by atoms with Gasteiger partial charge >= 0.3 is 0 Å². The van der Waals surface area contributed by atoms with Crippen molar-refractivity contribution < 1.29 is 4.79 Å². The van der Waals surface area contributed by atoms with Crippen LogP contribution in [0.2, 0.25) is 0 Å². The van der Waals surface area contributed by atoms with E-state index in [0.29, 0.717) is 12.3 Å². The van der Waals surface area contributed by atoms with Crippen molar-refractivity contribution in [3.8, 4) is 0 Å². The van der Waals surface area contributed by atoms with Gasteiger partial charge in [-0.1, -0.05) is 19.9 Å². The van der Waals surface area contributed by atoms with Crippen LogP contribution in [0.25, 0.3) is 5.52 Å². The SMILES string of the molecule is Cc1nc(C(C)C)n2c(CC=O)cccc12. The van der Waals surface area contributed by atoms with Crippen LogP contribution in [0.5, 0.6) is 0 Å². The number of carbonyl (C=O) groups excluding carboxylic acids is 1. The number of hydrogen-bond donors (Lipinski definition) is 0. The Labute approximate surface area is 95.1 Å². The molecule has 0 radical (unpaired) electrons. The van der Waals surface area contributed by atoms with E-state index in [1.54, 1.807) is 0 Å². The van der Waals surface area contributed by atoms with E-state index >= 15 is 0 Å². The Morgan fingerprint density at radius 1 is 1.44 bits per heavy atom. The van der Waals surface area contributed by atoms with E-state index in [4.69, 9.17) is 0 Å². The number of nitrogens with zero attached hydrogens (tertiary/aromatic N) is 2. The molecule has 0 aromatic carbocycles. The summed E-state index contributed by atoms with van der Waals surface area (Å²) in [5.41, 5.74) is 3.14. The zero-order valence-corrected chi connectivity index (χ0v) is 9.90. The second kappa shape index (κ2) is 4.08. The predicted octanol–water partition coefficient (Wildman–Crippen LogP) is 2.51. The Morgan fingerprint density at radius 3 is 2.81 bits per heavy atom. The maximum absolute atomic E-state index is 10.7. The minimum absolute atomic E-state index is 0.356. The molecule has 16 heavy (non-hydrogen) atoms. The number of rotatable bonds is 3. The fourth-order valence-electron chi connectivity index (χ4n) is 2.02. The molecule has 0 aliphatic rings. The highest BCUT2D eigenvalue weighted by Gasteiger charge is 2.13. The number of pyridine rings is 1. The van der Waals surface area contributed by atoms with Crippen molar-refractivity contribution >= 4 is 11.8 Å². The number of fused-ring (bicyclic) bond motifs is 1. The minimum atomic E-state index is 0.356. The Hall–Kier alpha value is -1.64. The molecule has 3 nitrogen and oxygen atoms in total. The first-order valence-corrected chi connectivity index (χ1v) is 5.55. The van der Waals surface area contributed by atoms with Crippen LogP contribution in [-0.2, 0) is 11.2 Å². The summed E-state index contributed by atoms with van der Waals surface area (Å²) in [5, 5.41) is 0. The molecular weight excluding hydrogens is 200 g/mol. The van der Waals surface area contributed by atoms with Gasteiger partial charge in [0.25, 0.3) is 0 Å². The summed E-state index contributed by atoms with van der Waals surface area (Å²) < 4.78 is 2.11. The molecule has 0 amide bonds. The van der Waals surface area contributed by atoms with Crippen LogP contribution in [-0.4, -0.2) is 15.7 Å². The van der Waals surface area contributed by atoms with Gasteiger partial charge < -0.3 is 4.79 Å². The maximum atomic E-state index is 10.7. The molecule has 3 heteroatoms. The van der Waals surface area contributed by atoms with Crippen molar-refractivity contribution in [3.63, 3.8) is 0 Å². The van der Waals surface area contributed by atoms with Crippen molar-refractivity contribution in [2.75, 3.05) is 0 Å². The molecule has 0 unspecified atom stereocenters. The molecule has 0 saturated carbocycles. The lowest BCUT2D eigenvalue weighted by molar-refractivity contribution is -0.107. The first kappa shape index (κ1) is 10.9. The van der Waals surface area contributed by atoms with Gasteiger partial charge in [0.05, 0.1) is 11.2 Å². The van der Waals surface area contributed by atoms with E-state index in [0.717, 1.165) is 29.0 Å². The lowest BCUT2D eigenvalue weighted by Gasteiger charge is -2.08. The van der Waals surface area contributed by atoms with Crippen LogP contribution >= 0.6 is 0 Å². The first-order valence-electron chi connectivity index (χ1n) is 5.55. The Morgan fingerprint density at radius 2 is 2.19 bits per heavy atom. The van der Waals surface area contributed by atoms with Crippen LogP contribution in [0.4, 0.5) is 0 Å². The summed E-state index contributed by atoms with van der Waals surface area (Å²) in [5.74, 6) is 1.39. The summed E-state index contributed by atoms with van der Waals surface area (Å²) in [6, 6.07) is 6.00. The van der Waals surface area contributed by atoms with Gasteiger partial charge in [-0.25, -0.2) is 4.98 Å². The van der Waals surface area contributed by atoms with Crippen molar-refractivity contribution in [1.29, 1.82) is 0 Å². The molecule has 0 spiro atoms. The van der Waals surface area contributed by atoms with E-state index in [1.165, 1.54) is 0 Å². The standard InChI is InChI=1S/C13H16N2O/c1-9(2)13-14-10(3)12-6-4-5-11(7-8-16)15(12)13/h4-6,8-9H,7H2,1-3H3. The summed E-state index contributed by atoms with van der Waals surface area (Å²) >= 11 is 0. The highest BCUT2D eigenvalue weighted by molar-refractivity contribution is 5.59. The molecule has 2 aromatic rings. The zero-order valence-electron chi connectivity index (χ0n) is 9.90. The van der Waals surface area contributed by atoms with Crippen LogP contribution in [0.1, 0.15) is 37.0 Å². The first-order chi connectivity index (χ1) is 7.65. The monoisotopic (exact) mass is 216 g/mol. The molecule has 0 aliphatic carbocycles. The lowest BCUT2D eigenvalue weighted by Crippen LogP contribution is -2.03. The van der Waals surface area contributed by atoms with Gasteiger partial charge in [0.15, 0.2) is 0 Å². The highest BCUT2D eigenvalue weighted by atomic mass is 16.1. The van der Waals surface area contributed by atoms with Gasteiger partial charge in [-0.3, -0.25) is 4.40 Å². The number of aldehydes is 1. The largest absolute Gasteiger partial charge is 0.303 e. The summed E-state index contributed by atoms with van der Waals surface area (Å²) in [7, 11) is 0. The summed E-state index contributed by atoms with van der Waals surface area (Å²) in [4.78, 5) is 15.3. The number of aromatic nitrogens is 2. The van der Waals surface area contributed by atoms with Crippen LogP contribution < -0.4 is 0 Å². The highest BCUT2D eigenvalue weighted by Crippen LogP contribution is 2.21. The quantitative estimate of drug-likeness (QED) is 0.739. The molecule has 2 heterocycles. The molecule has 0 aliphatic heterocycles. The van der Waals surface area contributed by atoms with Crippen molar-refractivity contribution in [1.82, 2.24) is 9.38 Å². The third-order valence-corrected chi connectivity index (χ3v) is 2.76. The van der Waals surface area contributed by atoms with Gasteiger partial charge in [0, 0.05) is 18.0 Å². The van der Waals surface area contributed by atoms with Gasteiger partial charge in [-0.2, -0.15) is 0 Å². The van der Waals surface area contributed by atoms with E-state index in [-0.39, 0.29) is 0 Å². The molecule has 84 valence electrons. The van der Waals surface area contributed by atoms with Gasteiger partial charge in [-0.05, 0) is 19.1 Å². The van der Waals surface area contributed by atoms with Gasteiger partial charge in [0.2, 0.25) is 0 Å².